The molecule has 0 unspecified atom stereocenters. The van der Waals surface area contributed by atoms with Gasteiger partial charge >= 0.3 is 11.9 Å². The SMILES string of the molecule is CCOC(=O)CCC(=O)OCC[N+](CC)(CC)CC.[I-]. The lowest BCUT2D eigenvalue weighted by Gasteiger charge is -2.35. The maximum absolute atomic E-state index is 11.5. The number of halogens is 1. The van der Waals surface area contributed by atoms with Gasteiger partial charge in [0.2, 0.25) is 0 Å². The van der Waals surface area contributed by atoms with E-state index in [4.69, 9.17) is 9.47 Å². The number of esters is 2. The van der Waals surface area contributed by atoms with Crippen molar-refractivity contribution in [2.24, 2.45) is 0 Å². The van der Waals surface area contributed by atoms with Crippen molar-refractivity contribution < 1.29 is 47.5 Å². The van der Waals surface area contributed by atoms with Gasteiger partial charge in [-0.1, -0.05) is 0 Å². The summed E-state index contributed by atoms with van der Waals surface area (Å²) in [5.41, 5.74) is 0. The molecule has 0 aromatic heterocycles. The van der Waals surface area contributed by atoms with Crippen LogP contribution in [0.4, 0.5) is 0 Å². The number of hydrogen-bond acceptors (Lipinski definition) is 4. The second-order valence-corrected chi connectivity index (χ2v) is 4.54. The van der Waals surface area contributed by atoms with E-state index < -0.39 is 0 Å². The Kier molecular flexibility index (Phi) is 13.6. The normalized spacial score (nSPS) is 10.6. The van der Waals surface area contributed by atoms with Crippen LogP contribution in [0.2, 0.25) is 0 Å². The molecule has 0 spiro atoms. The van der Waals surface area contributed by atoms with Crippen LogP contribution < -0.4 is 24.0 Å². The van der Waals surface area contributed by atoms with E-state index in [1.807, 2.05) is 0 Å². The third-order valence-electron chi connectivity index (χ3n) is 3.68. The first-order chi connectivity index (χ1) is 9.03. The highest BCUT2D eigenvalue weighted by molar-refractivity contribution is 5.77. The molecule has 0 saturated heterocycles. The van der Waals surface area contributed by atoms with Gasteiger partial charge in [-0.25, -0.2) is 0 Å². The van der Waals surface area contributed by atoms with E-state index in [0.29, 0.717) is 13.2 Å². The van der Waals surface area contributed by atoms with Crippen LogP contribution in [0.5, 0.6) is 0 Å². The predicted octanol–water partition coefficient (Wildman–Crippen LogP) is -1.25. The fourth-order valence-corrected chi connectivity index (χ4v) is 2.01. The highest BCUT2D eigenvalue weighted by Crippen LogP contribution is 2.05. The minimum absolute atomic E-state index is 0. The highest BCUT2D eigenvalue weighted by Gasteiger charge is 2.21. The average molecular weight is 401 g/mol. The Balaban J connectivity index is 0. The summed E-state index contributed by atoms with van der Waals surface area (Å²) < 4.78 is 10.9. The highest BCUT2D eigenvalue weighted by atomic mass is 127. The van der Waals surface area contributed by atoms with Gasteiger partial charge in [0, 0.05) is 0 Å². The largest absolute Gasteiger partial charge is 1.00 e. The number of quaternary nitrogens is 1. The van der Waals surface area contributed by atoms with Crippen molar-refractivity contribution in [3.8, 4) is 0 Å². The first-order valence-electron chi connectivity index (χ1n) is 7.19. The molecule has 0 N–H and O–H groups in total. The molecule has 0 fully saturated rings. The Morgan fingerprint density at radius 2 is 1.30 bits per heavy atom. The molecule has 0 aromatic carbocycles. The lowest BCUT2D eigenvalue weighted by atomic mass is 10.3. The number of hydrogen-bond donors (Lipinski definition) is 0. The summed E-state index contributed by atoms with van der Waals surface area (Å²) >= 11 is 0. The van der Waals surface area contributed by atoms with E-state index in [1.165, 1.54) is 0 Å². The topological polar surface area (TPSA) is 52.6 Å². The van der Waals surface area contributed by atoms with Crippen LogP contribution in [0.25, 0.3) is 0 Å². The van der Waals surface area contributed by atoms with E-state index >= 15 is 0 Å². The van der Waals surface area contributed by atoms with Gasteiger partial charge in [0.1, 0.15) is 13.2 Å². The molecule has 0 aliphatic heterocycles. The Labute approximate surface area is 139 Å². The van der Waals surface area contributed by atoms with E-state index in [0.717, 1.165) is 30.7 Å². The van der Waals surface area contributed by atoms with Crippen LogP contribution in [0.1, 0.15) is 40.5 Å². The monoisotopic (exact) mass is 401 g/mol. The maximum atomic E-state index is 11.5. The molecule has 0 amide bonds. The van der Waals surface area contributed by atoms with Crippen molar-refractivity contribution in [1.29, 1.82) is 0 Å². The van der Waals surface area contributed by atoms with Crippen molar-refractivity contribution in [3.63, 3.8) is 0 Å². The summed E-state index contributed by atoms with van der Waals surface area (Å²) in [5, 5.41) is 0. The Morgan fingerprint density at radius 3 is 1.70 bits per heavy atom. The smallest absolute Gasteiger partial charge is 0.306 e. The van der Waals surface area contributed by atoms with Crippen LogP contribution in [0, 0.1) is 0 Å². The molecule has 0 aliphatic carbocycles. The van der Waals surface area contributed by atoms with Crippen LogP contribution in [-0.4, -0.2) is 55.8 Å². The zero-order valence-corrected chi connectivity index (χ0v) is 15.3. The van der Waals surface area contributed by atoms with Crippen molar-refractivity contribution in [2.45, 2.75) is 40.5 Å². The summed E-state index contributed by atoms with van der Waals surface area (Å²) in [4.78, 5) is 22.6. The first kappa shape index (κ1) is 21.9. The van der Waals surface area contributed by atoms with Crippen LogP contribution in [0.3, 0.4) is 0 Å². The second-order valence-electron chi connectivity index (χ2n) is 4.54. The summed E-state index contributed by atoms with van der Waals surface area (Å²) in [5.74, 6) is -0.672. The molecule has 0 radical (unpaired) electrons. The second kappa shape index (κ2) is 12.4. The van der Waals surface area contributed by atoms with Gasteiger partial charge in [-0.05, 0) is 27.7 Å². The Morgan fingerprint density at radius 1 is 0.850 bits per heavy atom. The Bertz CT molecular complexity index is 272. The molecule has 0 heterocycles. The molecular formula is C14H28INO4. The van der Waals surface area contributed by atoms with Gasteiger partial charge < -0.3 is 37.9 Å². The van der Waals surface area contributed by atoms with E-state index in [1.54, 1.807) is 6.92 Å². The molecule has 0 saturated carbocycles. The van der Waals surface area contributed by atoms with E-state index in [9.17, 15) is 9.59 Å². The van der Waals surface area contributed by atoms with Crippen LogP contribution in [-0.2, 0) is 19.1 Å². The first-order valence-corrected chi connectivity index (χ1v) is 7.19. The molecule has 0 bridgehead atoms. The maximum Gasteiger partial charge on any atom is 0.306 e. The minimum Gasteiger partial charge on any atom is -1.00 e. The summed E-state index contributed by atoms with van der Waals surface area (Å²) in [7, 11) is 0. The Hall–Kier alpha value is -0.370. The van der Waals surface area contributed by atoms with Gasteiger partial charge in [0.05, 0.1) is 39.1 Å². The van der Waals surface area contributed by atoms with Crippen LogP contribution >= 0.6 is 0 Å². The lowest BCUT2D eigenvalue weighted by Crippen LogP contribution is -3.00. The fourth-order valence-electron chi connectivity index (χ4n) is 2.01. The van der Waals surface area contributed by atoms with Crippen molar-refractivity contribution in [3.05, 3.63) is 0 Å². The van der Waals surface area contributed by atoms with Gasteiger partial charge in [-0.3, -0.25) is 9.59 Å². The number of rotatable bonds is 10. The molecule has 20 heavy (non-hydrogen) atoms. The molecular weight excluding hydrogens is 373 g/mol. The minimum atomic E-state index is -0.347. The lowest BCUT2D eigenvalue weighted by molar-refractivity contribution is -0.923. The molecule has 0 atom stereocenters. The molecule has 120 valence electrons. The molecule has 6 heteroatoms. The van der Waals surface area contributed by atoms with Crippen LogP contribution in [0.15, 0.2) is 0 Å². The number of likely N-dealkylation sites (N-methyl/N-ethyl adjacent to an activating group) is 1. The summed E-state index contributed by atoms with van der Waals surface area (Å²) in [6.45, 7) is 12.9. The standard InChI is InChI=1S/C14H28NO4.HI/c1-5-15(6-2,7-3)11-12-19-14(17)10-9-13(16)18-8-4;/h5-12H2,1-4H3;1H/q+1;/p-1. The average Bonchev–Trinajstić information content (AvgIpc) is 2.42. The van der Waals surface area contributed by atoms with Gasteiger partial charge in [-0.2, -0.15) is 0 Å². The van der Waals surface area contributed by atoms with E-state index in [-0.39, 0.29) is 48.8 Å². The van der Waals surface area contributed by atoms with Crippen molar-refractivity contribution in [1.82, 2.24) is 0 Å². The van der Waals surface area contributed by atoms with Gasteiger partial charge in [-0.15, -0.1) is 0 Å². The molecule has 0 aromatic rings. The third kappa shape index (κ3) is 8.73. The third-order valence-corrected chi connectivity index (χ3v) is 3.68. The zero-order valence-electron chi connectivity index (χ0n) is 13.1. The number of ether oxygens (including phenoxy) is 2. The fraction of sp³-hybridized carbons (Fsp3) is 0.857. The molecule has 0 aliphatic rings. The summed E-state index contributed by atoms with van der Waals surface area (Å²) in [6.07, 6.45) is 0.200. The summed E-state index contributed by atoms with van der Waals surface area (Å²) in [6, 6.07) is 0. The quantitative estimate of drug-likeness (QED) is 0.261. The number of carbonyl (C=O) groups is 2. The molecule has 0 rings (SSSR count). The van der Waals surface area contributed by atoms with Gasteiger partial charge in [0.15, 0.2) is 0 Å². The zero-order chi connectivity index (χ0) is 14.7. The van der Waals surface area contributed by atoms with Crippen molar-refractivity contribution in [2.75, 3.05) is 39.4 Å². The molecule has 5 nitrogen and oxygen atoms in total. The number of carbonyl (C=O) groups excluding carboxylic acids is 2. The number of nitrogens with zero attached hydrogens (tertiary/aromatic N) is 1. The van der Waals surface area contributed by atoms with Gasteiger partial charge in [0.25, 0.3) is 0 Å². The predicted molar refractivity (Wildman–Crippen MR) is 73.6 cm³/mol. The van der Waals surface area contributed by atoms with Crippen molar-refractivity contribution >= 4 is 11.9 Å². The van der Waals surface area contributed by atoms with E-state index in [2.05, 4.69) is 20.8 Å².